The Balaban J connectivity index is 1.76. The Labute approximate surface area is 187 Å². The van der Waals surface area contributed by atoms with Crippen molar-refractivity contribution in [2.75, 3.05) is 23.9 Å². The molecule has 0 heterocycles. The molecular weight excluding hydrogens is 410 g/mol. The number of amides is 3. The van der Waals surface area contributed by atoms with Gasteiger partial charge in [0, 0.05) is 24.8 Å². The van der Waals surface area contributed by atoms with Crippen LogP contribution in [0, 0.1) is 0 Å². The molecule has 0 bridgehead atoms. The van der Waals surface area contributed by atoms with Crippen molar-refractivity contribution in [1.82, 2.24) is 0 Å². The van der Waals surface area contributed by atoms with Gasteiger partial charge in [-0.05, 0) is 74.1 Å². The van der Waals surface area contributed by atoms with Crippen molar-refractivity contribution in [2.24, 2.45) is 5.73 Å². The lowest BCUT2D eigenvalue weighted by atomic mass is 10.1. The summed E-state index contributed by atoms with van der Waals surface area (Å²) in [6, 6.07) is 12.3. The molecule has 8 nitrogen and oxygen atoms in total. The zero-order chi connectivity index (χ0) is 23.1. The highest BCUT2D eigenvalue weighted by Gasteiger charge is 2.22. The Bertz CT molecular complexity index is 968. The molecule has 0 aromatic heterocycles. The monoisotopic (exact) mass is 439 g/mol. The predicted molar refractivity (Wildman–Crippen MR) is 122 cm³/mol. The van der Waals surface area contributed by atoms with E-state index in [9.17, 15) is 14.4 Å². The number of anilines is 2. The van der Waals surface area contributed by atoms with Gasteiger partial charge in [0.2, 0.25) is 5.91 Å². The molecule has 0 atom stereocenters. The van der Waals surface area contributed by atoms with Crippen LogP contribution in [0.25, 0.3) is 0 Å². The van der Waals surface area contributed by atoms with E-state index in [2.05, 4.69) is 5.32 Å². The number of carbonyl (C=O) groups is 3. The zero-order valence-electron chi connectivity index (χ0n) is 18.4. The second kappa shape index (κ2) is 10.7. The molecule has 3 rings (SSSR count). The third-order valence-corrected chi connectivity index (χ3v) is 5.40. The molecular formula is C24H29N3O5. The van der Waals surface area contributed by atoms with Crippen molar-refractivity contribution >= 4 is 29.1 Å². The summed E-state index contributed by atoms with van der Waals surface area (Å²) in [4.78, 5) is 36.6. The lowest BCUT2D eigenvalue weighted by molar-refractivity contribution is -0.135. The van der Waals surface area contributed by atoms with Gasteiger partial charge < -0.3 is 25.4 Å². The molecule has 170 valence electrons. The topological polar surface area (TPSA) is 111 Å². The van der Waals surface area contributed by atoms with Crippen LogP contribution in [0.5, 0.6) is 11.5 Å². The van der Waals surface area contributed by atoms with Gasteiger partial charge in [-0.15, -0.1) is 0 Å². The molecule has 0 radical (unpaired) electrons. The van der Waals surface area contributed by atoms with Crippen molar-refractivity contribution in [2.45, 2.75) is 45.1 Å². The summed E-state index contributed by atoms with van der Waals surface area (Å²) >= 11 is 0. The highest BCUT2D eigenvalue weighted by molar-refractivity contribution is 6.39. The summed E-state index contributed by atoms with van der Waals surface area (Å²) in [6.07, 6.45) is 5.06. The second-order valence-electron chi connectivity index (χ2n) is 7.81. The van der Waals surface area contributed by atoms with E-state index in [4.69, 9.17) is 15.2 Å². The number of nitrogens with zero attached hydrogens (tertiary/aromatic N) is 1. The van der Waals surface area contributed by atoms with E-state index in [0.717, 1.165) is 31.2 Å². The van der Waals surface area contributed by atoms with Crippen molar-refractivity contribution < 1.29 is 23.9 Å². The molecule has 8 heteroatoms. The molecule has 3 amide bonds. The lowest BCUT2D eigenvalue weighted by Gasteiger charge is -2.22. The van der Waals surface area contributed by atoms with E-state index >= 15 is 0 Å². The Hall–Kier alpha value is -3.55. The first-order valence-electron chi connectivity index (χ1n) is 10.7. The van der Waals surface area contributed by atoms with Crippen LogP contribution < -0.4 is 25.4 Å². The number of hydrogen-bond acceptors (Lipinski definition) is 5. The number of primary amides is 1. The number of methoxy groups -OCH3 is 1. The average molecular weight is 440 g/mol. The number of rotatable bonds is 8. The van der Waals surface area contributed by atoms with Gasteiger partial charge in [0.15, 0.2) is 11.5 Å². The summed E-state index contributed by atoms with van der Waals surface area (Å²) in [5, 5.41) is 2.67. The van der Waals surface area contributed by atoms with Gasteiger partial charge in [-0.25, -0.2) is 0 Å². The highest BCUT2D eigenvalue weighted by Crippen LogP contribution is 2.32. The van der Waals surface area contributed by atoms with Crippen molar-refractivity contribution in [1.29, 1.82) is 0 Å². The fraction of sp³-hybridized carbons (Fsp3) is 0.375. The smallest absolute Gasteiger partial charge is 0.316 e. The molecule has 1 aliphatic rings. The summed E-state index contributed by atoms with van der Waals surface area (Å²) in [5.41, 5.74) is 7.32. The minimum atomic E-state index is -1.03. The largest absolute Gasteiger partial charge is 0.493 e. The van der Waals surface area contributed by atoms with E-state index in [0.29, 0.717) is 29.3 Å². The molecule has 2 aromatic rings. The number of ether oxygens (including phenoxy) is 2. The molecule has 32 heavy (non-hydrogen) atoms. The number of hydrogen-bond donors (Lipinski definition) is 2. The van der Waals surface area contributed by atoms with Crippen LogP contribution in [-0.4, -0.2) is 37.5 Å². The summed E-state index contributed by atoms with van der Waals surface area (Å²) in [6.45, 7) is 1.66. The minimum absolute atomic E-state index is 0.189. The second-order valence-corrected chi connectivity index (χ2v) is 7.81. The zero-order valence-corrected chi connectivity index (χ0v) is 18.4. The van der Waals surface area contributed by atoms with Gasteiger partial charge in [0.1, 0.15) is 0 Å². The number of nitrogens with two attached hydrogens (primary N) is 1. The van der Waals surface area contributed by atoms with Gasteiger partial charge in [-0.2, -0.15) is 0 Å². The van der Waals surface area contributed by atoms with E-state index in [1.54, 1.807) is 31.4 Å². The van der Waals surface area contributed by atoms with E-state index in [-0.39, 0.29) is 18.6 Å². The van der Waals surface area contributed by atoms with Crippen molar-refractivity contribution in [3.05, 3.63) is 48.0 Å². The number of nitrogens with one attached hydrogen (secondary N) is 1. The van der Waals surface area contributed by atoms with Crippen LogP contribution in [0.15, 0.2) is 42.5 Å². The maximum Gasteiger partial charge on any atom is 0.316 e. The maximum absolute atomic E-state index is 12.5. The van der Waals surface area contributed by atoms with Gasteiger partial charge in [0.25, 0.3) is 0 Å². The van der Waals surface area contributed by atoms with Crippen LogP contribution in [0.1, 0.15) is 38.2 Å². The Morgan fingerprint density at radius 3 is 2.34 bits per heavy atom. The van der Waals surface area contributed by atoms with E-state index in [1.165, 1.54) is 11.8 Å². The van der Waals surface area contributed by atoms with Crippen LogP contribution in [0.2, 0.25) is 0 Å². The van der Waals surface area contributed by atoms with Crippen LogP contribution in [0.3, 0.4) is 0 Å². The standard InChI is InChI=1S/C24H29N3O5/c1-16(28)26-18-8-10-19(11-9-18)27(24(30)23(25)29)14-13-17-7-12-21(31-2)22(15-17)32-20-5-3-4-6-20/h7-12,15,20H,3-6,13-14H2,1-2H3,(H2,25,29)(H,26,28). The third-order valence-electron chi connectivity index (χ3n) is 5.40. The van der Waals surface area contributed by atoms with Gasteiger partial charge in [-0.3, -0.25) is 14.4 Å². The fourth-order valence-electron chi connectivity index (χ4n) is 3.80. The molecule has 2 aromatic carbocycles. The van der Waals surface area contributed by atoms with Crippen LogP contribution in [-0.2, 0) is 20.8 Å². The van der Waals surface area contributed by atoms with Gasteiger partial charge >= 0.3 is 11.8 Å². The molecule has 1 aliphatic carbocycles. The molecule has 3 N–H and O–H groups in total. The number of carbonyl (C=O) groups excluding carboxylic acids is 3. The molecule has 1 saturated carbocycles. The van der Waals surface area contributed by atoms with Crippen molar-refractivity contribution in [3.8, 4) is 11.5 Å². The first kappa shape index (κ1) is 23.1. The van der Waals surface area contributed by atoms with E-state index < -0.39 is 11.8 Å². The first-order valence-corrected chi connectivity index (χ1v) is 10.7. The summed E-state index contributed by atoms with van der Waals surface area (Å²) in [7, 11) is 1.61. The van der Waals surface area contributed by atoms with Crippen LogP contribution >= 0.6 is 0 Å². The normalized spacial score (nSPS) is 13.4. The third kappa shape index (κ3) is 6.00. The lowest BCUT2D eigenvalue weighted by Crippen LogP contribution is -2.41. The minimum Gasteiger partial charge on any atom is -0.493 e. The molecule has 0 saturated heterocycles. The molecule has 0 aliphatic heterocycles. The average Bonchev–Trinajstić information content (AvgIpc) is 3.27. The molecule has 0 spiro atoms. The highest BCUT2D eigenvalue weighted by atomic mass is 16.5. The van der Waals surface area contributed by atoms with E-state index in [1.807, 2.05) is 18.2 Å². The van der Waals surface area contributed by atoms with Crippen molar-refractivity contribution in [3.63, 3.8) is 0 Å². The van der Waals surface area contributed by atoms with Gasteiger partial charge in [0.05, 0.1) is 13.2 Å². The van der Waals surface area contributed by atoms with Crippen LogP contribution in [0.4, 0.5) is 11.4 Å². The summed E-state index contributed by atoms with van der Waals surface area (Å²) < 4.78 is 11.6. The first-order chi connectivity index (χ1) is 15.4. The van der Waals surface area contributed by atoms with Gasteiger partial charge in [-0.1, -0.05) is 6.07 Å². The fourth-order valence-corrected chi connectivity index (χ4v) is 3.80. The SMILES string of the molecule is COc1ccc(CCN(C(=O)C(N)=O)c2ccc(NC(C)=O)cc2)cc1OC1CCCC1. The Kier molecular flexibility index (Phi) is 7.70. The summed E-state index contributed by atoms with van der Waals surface area (Å²) in [5.74, 6) is -0.675. The molecule has 1 fully saturated rings. The Morgan fingerprint density at radius 1 is 1.06 bits per heavy atom. The maximum atomic E-state index is 12.5. The quantitative estimate of drug-likeness (QED) is 0.614. The Morgan fingerprint density at radius 2 is 1.75 bits per heavy atom. The predicted octanol–water partition coefficient (Wildman–Crippen LogP) is 3.04. The number of benzene rings is 2. The molecule has 0 unspecified atom stereocenters.